The topological polar surface area (TPSA) is 59.8 Å². The van der Waals surface area contributed by atoms with E-state index in [2.05, 4.69) is 15.4 Å². The zero-order chi connectivity index (χ0) is 18.1. The minimum atomic E-state index is -0.327. The van der Waals surface area contributed by atoms with E-state index in [0.717, 1.165) is 6.42 Å². The third-order valence-electron chi connectivity index (χ3n) is 4.11. The summed E-state index contributed by atoms with van der Waals surface area (Å²) in [6.45, 7) is 5.72. The monoisotopic (exact) mass is 360 g/mol. The van der Waals surface area contributed by atoms with Gasteiger partial charge in [0.2, 0.25) is 0 Å². The van der Waals surface area contributed by atoms with Crippen molar-refractivity contribution in [2.45, 2.75) is 33.2 Å². The van der Waals surface area contributed by atoms with E-state index in [1.807, 2.05) is 13.8 Å². The number of aryl methyl sites for hydroxylation is 1. The molecule has 1 amide bonds. The average molecular weight is 361 g/mol. The van der Waals surface area contributed by atoms with E-state index >= 15 is 0 Å². The van der Waals surface area contributed by atoms with Gasteiger partial charge in [-0.25, -0.2) is 14.1 Å². The first-order valence-corrected chi connectivity index (χ1v) is 8.40. The lowest BCUT2D eigenvalue weighted by atomic mass is 10.1. The van der Waals surface area contributed by atoms with Crippen LogP contribution in [0.2, 0.25) is 5.02 Å². The molecule has 5 nitrogen and oxygen atoms in total. The van der Waals surface area contributed by atoms with Crippen molar-refractivity contribution in [3.05, 3.63) is 52.6 Å². The van der Waals surface area contributed by atoms with Crippen molar-refractivity contribution in [2.75, 3.05) is 0 Å². The van der Waals surface area contributed by atoms with Crippen LogP contribution in [0, 0.1) is 12.7 Å². The van der Waals surface area contributed by atoms with Crippen LogP contribution in [0.4, 0.5) is 4.39 Å². The number of carbonyl (C=O) groups is 1. The number of halogens is 2. The van der Waals surface area contributed by atoms with Crippen LogP contribution in [0.25, 0.3) is 16.7 Å². The fourth-order valence-electron chi connectivity index (χ4n) is 2.53. The van der Waals surface area contributed by atoms with Crippen molar-refractivity contribution < 1.29 is 9.18 Å². The third kappa shape index (κ3) is 3.22. The largest absolute Gasteiger partial charge is 0.350 e. The second-order valence-electron chi connectivity index (χ2n) is 5.94. The Hall–Kier alpha value is -2.47. The summed E-state index contributed by atoms with van der Waals surface area (Å²) < 4.78 is 14.7. The zero-order valence-corrected chi connectivity index (χ0v) is 14.9. The maximum Gasteiger partial charge on any atom is 0.254 e. The predicted octanol–water partition coefficient (Wildman–Crippen LogP) is 4.05. The summed E-state index contributed by atoms with van der Waals surface area (Å²) in [5, 5.41) is 8.26. The summed E-state index contributed by atoms with van der Waals surface area (Å²) in [5.41, 5.74) is 2.15. The number of nitrogens with zero attached hydrogens (tertiary/aromatic N) is 3. The third-order valence-corrected chi connectivity index (χ3v) is 4.51. The summed E-state index contributed by atoms with van der Waals surface area (Å²) in [4.78, 5) is 16.8. The smallest absolute Gasteiger partial charge is 0.254 e. The number of benzene rings is 1. The number of hydrogen-bond acceptors (Lipinski definition) is 3. The van der Waals surface area contributed by atoms with Gasteiger partial charge in [-0.1, -0.05) is 18.5 Å². The second kappa shape index (κ2) is 6.80. The van der Waals surface area contributed by atoms with Gasteiger partial charge in [0.15, 0.2) is 5.65 Å². The minimum Gasteiger partial charge on any atom is -0.350 e. The van der Waals surface area contributed by atoms with Crippen LogP contribution in [-0.2, 0) is 0 Å². The lowest BCUT2D eigenvalue weighted by molar-refractivity contribution is 0.0939. The molecular weight excluding hydrogens is 343 g/mol. The molecule has 0 aliphatic rings. The highest BCUT2D eigenvalue weighted by molar-refractivity contribution is 6.38. The molecule has 25 heavy (non-hydrogen) atoms. The number of pyridine rings is 1. The summed E-state index contributed by atoms with van der Waals surface area (Å²) in [6.07, 6.45) is 2.27. The van der Waals surface area contributed by atoms with E-state index in [1.54, 1.807) is 23.7 Å². The first-order valence-electron chi connectivity index (χ1n) is 8.03. The van der Waals surface area contributed by atoms with Crippen LogP contribution < -0.4 is 5.32 Å². The van der Waals surface area contributed by atoms with Gasteiger partial charge in [0.05, 0.1) is 27.4 Å². The molecule has 0 fully saturated rings. The molecule has 0 aliphatic carbocycles. The molecule has 0 unspecified atom stereocenters. The molecule has 3 aromatic rings. The highest BCUT2D eigenvalue weighted by Crippen LogP contribution is 2.30. The molecule has 0 saturated heterocycles. The van der Waals surface area contributed by atoms with Crippen molar-refractivity contribution in [1.82, 2.24) is 20.1 Å². The molecular formula is C18H18ClFN4O. The summed E-state index contributed by atoms with van der Waals surface area (Å²) in [7, 11) is 0. The summed E-state index contributed by atoms with van der Waals surface area (Å²) >= 11 is 6.48. The summed E-state index contributed by atoms with van der Waals surface area (Å²) in [5.74, 6) is -0.588. The van der Waals surface area contributed by atoms with Crippen LogP contribution in [0.3, 0.4) is 0 Å². The van der Waals surface area contributed by atoms with Gasteiger partial charge < -0.3 is 5.32 Å². The van der Waals surface area contributed by atoms with Crippen molar-refractivity contribution in [3.8, 4) is 5.69 Å². The quantitative estimate of drug-likeness (QED) is 0.763. The van der Waals surface area contributed by atoms with E-state index in [1.165, 1.54) is 18.3 Å². The standard InChI is InChI=1S/C18H18ClFN4O/c1-4-10(2)22-18(25)14-9-21-17-15(16(14)19)11(3)23-24(17)13-7-5-12(20)6-8-13/h5-10H,4H2,1-3H3,(H,22,25)/t10-/m0/s1. The molecule has 1 aromatic carbocycles. The molecule has 3 rings (SSSR count). The Balaban J connectivity index is 2.10. The fourth-order valence-corrected chi connectivity index (χ4v) is 2.89. The highest BCUT2D eigenvalue weighted by Gasteiger charge is 2.20. The van der Waals surface area contributed by atoms with Crippen LogP contribution in [0.1, 0.15) is 36.3 Å². The Bertz CT molecular complexity index is 936. The number of aromatic nitrogens is 3. The van der Waals surface area contributed by atoms with Gasteiger partial charge in [-0.15, -0.1) is 0 Å². The van der Waals surface area contributed by atoms with Crippen molar-refractivity contribution >= 4 is 28.5 Å². The Labute approximate surface area is 149 Å². The van der Waals surface area contributed by atoms with Crippen molar-refractivity contribution in [1.29, 1.82) is 0 Å². The first-order chi connectivity index (χ1) is 11.9. The Morgan fingerprint density at radius 3 is 2.68 bits per heavy atom. The van der Waals surface area contributed by atoms with Gasteiger partial charge in [0.25, 0.3) is 5.91 Å². The minimum absolute atomic E-state index is 0.0438. The van der Waals surface area contributed by atoms with Crippen LogP contribution in [-0.4, -0.2) is 26.7 Å². The van der Waals surface area contributed by atoms with E-state index in [-0.39, 0.29) is 17.8 Å². The van der Waals surface area contributed by atoms with Crippen molar-refractivity contribution in [3.63, 3.8) is 0 Å². The molecule has 2 heterocycles. The normalized spacial score (nSPS) is 12.4. The molecule has 1 N–H and O–H groups in total. The van der Waals surface area contributed by atoms with Crippen LogP contribution >= 0.6 is 11.6 Å². The van der Waals surface area contributed by atoms with Crippen molar-refractivity contribution in [2.24, 2.45) is 0 Å². The lowest BCUT2D eigenvalue weighted by Crippen LogP contribution is -2.32. The van der Waals surface area contributed by atoms with Gasteiger partial charge in [-0.05, 0) is 44.5 Å². The average Bonchev–Trinajstić information content (AvgIpc) is 2.93. The molecule has 0 saturated carbocycles. The molecule has 1 atom stereocenters. The van der Waals surface area contributed by atoms with Gasteiger partial charge in [0, 0.05) is 12.2 Å². The summed E-state index contributed by atoms with van der Waals surface area (Å²) in [6, 6.07) is 5.98. The number of nitrogens with one attached hydrogen (secondary N) is 1. The van der Waals surface area contributed by atoms with Gasteiger partial charge in [0.1, 0.15) is 5.82 Å². The predicted molar refractivity (Wildman–Crippen MR) is 95.8 cm³/mol. The molecule has 0 bridgehead atoms. The molecule has 2 aromatic heterocycles. The molecule has 0 radical (unpaired) electrons. The number of rotatable bonds is 4. The van der Waals surface area contributed by atoms with E-state index < -0.39 is 0 Å². The first kappa shape index (κ1) is 17.4. The lowest BCUT2D eigenvalue weighted by Gasteiger charge is -2.12. The van der Waals surface area contributed by atoms with E-state index in [0.29, 0.717) is 33.0 Å². The Morgan fingerprint density at radius 2 is 2.04 bits per heavy atom. The molecule has 0 aliphatic heterocycles. The molecule has 7 heteroatoms. The highest BCUT2D eigenvalue weighted by atomic mass is 35.5. The van der Waals surface area contributed by atoms with E-state index in [9.17, 15) is 9.18 Å². The van der Waals surface area contributed by atoms with Gasteiger partial charge >= 0.3 is 0 Å². The Kier molecular flexibility index (Phi) is 4.72. The number of fused-ring (bicyclic) bond motifs is 1. The maximum absolute atomic E-state index is 13.1. The number of hydrogen-bond donors (Lipinski definition) is 1. The number of amides is 1. The van der Waals surface area contributed by atoms with Gasteiger partial charge in [-0.2, -0.15) is 5.10 Å². The maximum atomic E-state index is 13.1. The van der Waals surface area contributed by atoms with E-state index in [4.69, 9.17) is 11.6 Å². The van der Waals surface area contributed by atoms with Crippen LogP contribution in [0.5, 0.6) is 0 Å². The van der Waals surface area contributed by atoms with Gasteiger partial charge in [-0.3, -0.25) is 4.79 Å². The zero-order valence-electron chi connectivity index (χ0n) is 14.2. The molecule has 130 valence electrons. The number of carbonyl (C=O) groups excluding carboxylic acids is 1. The van der Waals surface area contributed by atoms with Crippen LogP contribution in [0.15, 0.2) is 30.5 Å². The second-order valence-corrected chi connectivity index (χ2v) is 6.32. The Morgan fingerprint density at radius 1 is 1.36 bits per heavy atom. The SMILES string of the molecule is CC[C@H](C)NC(=O)c1cnc2c(c(C)nn2-c2ccc(F)cc2)c1Cl. The molecule has 0 spiro atoms. The fraction of sp³-hybridized carbons (Fsp3) is 0.278.